The Bertz CT molecular complexity index is 525. The van der Waals surface area contributed by atoms with E-state index in [9.17, 15) is 4.79 Å². The monoisotopic (exact) mass is 300 g/mol. The molecular formula is C19H28N2O. The van der Waals surface area contributed by atoms with Crippen molar-refractivity contribution in [1.82, 2.24) is 4.90 Å². The van der Waals surface area contributed by atoms with Crippen LogP contribution in [0, 0.1) is 5.92 Å². The van der Waals surface area contributed by atoms with E-state index >= 15 is 0 Å². The van der Waals surface area contributed by atoms with Crippen LogP contribution in [-0.4, -0.2) is 28.9 Å². The summed E-state index contributed by atoms with van der Waals surface area (Å²) in [5.41, 5.74) is 7.45. The average Bonchev–Trinajstić information content (AvgIpc) is 2.89. The molecule has 4 atom stereocenters. The molecule has 3 heteroatoms. The Hall–Kier alpha value is -1.35. The fourth-order valence-corrected chi connectivity index (χ4v) is 4.27. The van der Waals surface area contributed by atoms with Gasteiger partial charge < -0.3 is 10.6 Å². The van der Waals surface area contributed by atoms with Crippen molar-refractivity contribution in [2.75, 3.05) is 6.54 Å². The first-order chi connectivity index (χ1) is 10.5. The number of benzene rings is 1. The van der Waals surface area contributed by atoms with Crippen molar-refractivity contribution < 1.29 is 4.79 Å². The van der Waals surface area contributed by atoms with E-state index < -0.39 is 0 Å². The van der Waals surface area contributed by atoms with Gasteiger partial charge in [0.05, 0.1) is 5.92 Å². The zero-order chi connectivity index (χ0) is 15.7. The summed E-state index contributed by atoms with van der Waals surface area (Å²) in [6, 6.07) is 10.9. The largest absolute Gasteiger partial charge is 0.339 e. The number of nitrogens with two attached hydrogens (primary N) is 1. The lowest BCUT2D eigenvalue weighted by atomic mass is 9.74. The fourth-order valence-electron chi connectivity index (χ4n) is 4.27. The molecular weight excluding hydrogens is 272 g/mol. The van der Waals surface area contributed by atoms with Gasteiger partial charge >= 0.3 is 0 Å². The van der Waals surface area contributed by atoms with Crippen LogP contribution in [-0.2, 0) is 4.79 Å². The van der Waals surface area contributed by atoms with Crippen molar-refractivity contribution in [3.05, 3.63) is 35.9 Å². The van der Waals surface area contributed by atoms with E-state index in [0.717, 1.165) is 38.6 Å². The second-order valence-corrected chi connectivity index (χ2v) is 7.49. The van der Waals surface area contributed by atoms with Crippen LogP contribution in [0.2, 0.25) is 0 Å². The summed E-state index contributed by atoms with van der Waals surface area (Å²) in [5.74, 6) is 0.752. The number of hydrogen-bond acceptors (Lipinski definition) is 2. The van der Waals surface area contributed by atoms with Crippen LogP contribution in [0.3, 0.4) is 0 Å². The summed E-state index contributed by atoms with van der Waals surface area (Å²) < 4.78 is 0. The van der Waals surface area contributed by atoms with Gasteiger partial charge in [-0.2, -0.15) is 0 Å². The molecule has 4 unspecified atom stereocenters. The summed E-state index contributed by atoms with van der Waals surface area (Å²) in [6.07, 6.45) is 5.26. The van der Waals surface area contributed by atoms with Crippen molar-refractivity contribution >= 4 is 5.91 Å². The molecule has 22 heavy (non-hydrogen) atoms. The number of likely N-dealkylation sites (tertiary alicyclic amines) is 1. The quantitative estimate of drug-likeness (QED) is 0.911. The minimum absolute atomic E-state index is 0.00165. The molecule has 1 aromatic rings. The first-order valence-corrected chi connectivity index (χ1v) is 8.63. The van der Waals surface area contributed by atoms with E-state index in [1.165, 1.54) is 5.56 Å². The number of rotatable bonds is 2. The van der Waals surface area contributed by atoms with E-state index in [1.807, 2.05) is 6.07 Å². The van der Waals surface area contributed by atoms with Crippen molar-refractivity contribution in [2.45, 2.75) is 63.5 Å². The maximum Gasteiger partial charge on any atom is 0.227 e. The van der Waals surface area contributed by atoms with Gasteiger partial charge in [-0.15, -0.1) is 0 Å². The van der Waals surface area contributed by atoms with Gasteiger partial charge in [-0.1, -0.05) is 43.2 Å². The predicted molar refractivity (Wildman–Crippen MR) is 89.5 cm³/mol. The van der Waals surface area contributed by atoms with Crippen LogP contribution in [0.4, 0.5) is 0 Å². The number of carbonyl (C=O) groups is 1. The highest BCUT2D eigenvalue weighted by atomic mass is 16.2. The lowest BCUT2D eigenvalue weighted by Crippen LogP contribution is -2.54. The molecule has 1 amide bonds. The van der Waals surface area contributed by atoms with Gasteiger partial charge in [-0.25, -0.2) is 0 Å². The molecule has 1 aliphatic carbocycles. The van der Waals surface area contributed by atoms with E-state index in [0.29, 0.717) is 12.0 Å². The van der Waals surface area contributed by atoms with Gasteiger partial charge in [0.15, 0.2) is 0 Å². The van der Waals surface area contributed by atoms with Gasteiger partial charge in [-0.3, -0.25) is 4.79 Å². The Labute approximate surface area is 133 Å². The van der Waals surface area contributed by atoms with Crippen LogP contribution in [0.15, 0.2) is 30.3 Å². The standard InChI is InChI=1S/C19H28N2O/c1-14-12-16(15-8-4-3-5-9-15)13-21(14)18(22)17-10-6-7-11-19(17,2)20/h3-5,8-9,14,16-17H,6-7,10-13,20H2,1-2H3. The van der Waals surface area contributed by atoms with Crippen molar-refractivity contribution in [3.8, 4) is 0 Å². The topological polar surface area (TPSA) is 46.3 Å². The summed E-state index contributed by atoms with van der Waals surface area (Å²) in [7, 11) is 0. The molecule has 0 spiro atoms. The summed E-state index contributed by atoms with van der Waals surface area (Å²) in [5, 5.41) is 0. The minimum Gasteiger partial charge on any atom is -0.339 e. The molecule has 1 heterocycles. The zero-order valence-corrected chi connectivity index (χ0v) is 13.8. The molecule has 120 valence electrons. The van der Waals surface area contributed by atoms with Crippen LogP contribution >= 0.6 is 0 Å². The fraction of sp³-hybridized carbons (Fsp3) is 0.632. The minimum atomic E-state index is -0.333. The predicted octanol–water partition coefficient (Wildman–Crippen LogP) is 3.30. The molecule has 3 rings (SSSR count). The maximum atomic E-state index is 13.0. The lowest BCUT2D eigenvalue weighted by molar-refractivity contribution is -0.139. The molecule has 1 aliphatic heterocycles. The van der Waals surface area contributed by atoms with Gasteiger partial charge in [0.2, 0.25) is 5.91 Å². The Kier molecular flexibility index (Phi) is 4.26. The molecule has 1 aromatic carbocycles. The number of amides is 1. The maximum absolute atomic E-state index is 13.0. The van der Waals surface area contributed by atoms with Crippen LogP contribution in [0.25, 0.3) is 0 Å². The summed E-state index contributed by atoms with van der Waals surface area (Å²) in [4.78, 5) is 15.1. The number of carbonyl (C=O) groups excluding carboxylic acids is 1. The molecule has 3 nitrogen and oxygen atoms in total. The molecule has 0 bridgehead atoms. The van der Waals surface area contributed by atoms with E-state index in [1.54, 1.807) is 0 Å². The van der Waals surface area contributed by atoms with Gasteiger partial charge in [-0.05, 0) is 38.7 Å². The Balaban J connectivity index is 1.73. The van der Waals surface area contributed by atoms with Crippen LogP contribution in [0.5, 0.6) is 0 Å². The molecule has 0 aromatic heterocycles. The van der Waals surface area contributed by atoms with Crippen molar-refractivity contribution in [2.24, 2.45) is 11.7 Å². The number of nitrogens with zero attached hydrogens (tertiary/aromatic N) is 1. The highest BCUT2D eigenvalue weighted by molar-refractivity contribution is 5.81. The van der Waals surface area contributed by atoms with Crippen LogP contribution in [0.1, 0.15) is 57.4 Å². The van der Waals surface area contributed by atoms with E-state index in [4.69, 9.17) is 5.73 Å². The van der Waals surface area contributed by atoms with Gasteiger partial charge in [0.25, 0.3) is 0 Å². The smallest absolute Gasteiger partial charge is 0.227 e. The number of hydrogen-bond donors (Lipinski definition) is 1. The van der Waals surface area contributed by atoms with E-state index in [2.05, 4.69) is 43.0 Å². The third-order valence-corrected chi connectivity index (χ3v) is 5.68. The van der Waals surface area contributed by atoms with Crippen LogP contribution < -0.4 is 5.73 Å². The first kappa shape index (κ1) is 15.5. The Morgan fingerprint density at radius 3 is 2.68 bits per heavy atom. The third-order valence-electron chi connectivity index (χ3n) is 5.68. The summed E-state index contributed by atoms with van der Waals surface area (Å²) in [6.45, 7) is 5.08. The molecule has 0 radical (unpaired) electrons. The highest BCUT2D eigenvalue weighted by Crippen LogP contribution is 2.37. The summed E-state index contributed by atoms with van der Waals surface area (Å²) >= 11 is 0. The average molecular weight is 300 g/mol. The second kappa shape index (κ2) is 6.04. The Morgan fingerprint density at radius 2 is 2.00 bits per heavy atom. The van der Waals surface area contributed by atoms with Gasteiger partial charge in [0, 0.05) is 24.0 Å². The molecule has 2 aliphatic rings. The Morgan fingerprint density at radius 1 is 1.27 bits per heavy atom. The molecule has 2 fully saturated rings. The van der Waals surface area contributed by atoms with Crippen molar-refractivity contribution in [3.63, 3.8) is 0 Å². The first-order valence-electron chi connectivity index (χ1n) is 8.63. The third kappa shape index (κ3) is 2.91. The zero-order valence-electron chi connectivity index (χ0n) is 13.8. The molecule has 1 saturated carbocycles. The second-order valence-electron chi connectivity index (χ2n) is 7.49. The SMILES string of the molecule is CC1CC(c2ccccc2)CN1C(=O)C1CCCCC1(C)N. The molecule has 1 saturated heterocycles. The highest BCUT2D eigenvalue weighted by Gasteiger charge is 2.43. The lowest BCUT2D eigenvalue weighted by Gasteiger charge is -2.40. The normalized spacial score (nSPS) is 35.6. The van der Waals surface area contributed by atoms with Gasteiger partial charge in [0.1, 0.15) is 0 Å². The van der Waals surface area contributed by atoms with Crippen molar-refractivity contribution in [1.29, 1.82) is 0 Å². The molecule has 2 N–H and O–H groups in total. The van der Waals surface area contributed by atoms with E-state index in [-0.39, 0.29) is 17.4 Å².